The highest BCUT2D eigenvalue weighted by Crippen LogP contribution is 2.04. The van der Waals surface area contributed by atoms with Gasteiger partial charge in [0.1, 0.15) is 19.0 Å². The van der Waals surface area contributed by atoms with Crippen molar-refractivity contribution < 1.29 is 18.8 Å². The quantitative estimate of drug-likeness (QED) is 0.812. The molecule has 0 unspecified atom stereocenters. The molecule has 1 N–H and O–H groups in total. The molecular formula is C14H19FNO2+. The number of quaternary nitrogens is 1. The van der Waals surface area contributed by atoms with Crippen molar-refractivity contribution in [2.24, 2.45) is 0 Å². The number of esters is 1. The third kappa shape index (κ3) is 3.81. The summed E-state index contributed by atoms with van der Waals surface area (Å²) in [6.45, 7) is 3.65. The molecule has 1 aromatic carbocycles. The first-order chi connectivity index (χ1) is 8.75. The third-order valence-electron chi connectivity index (χ3n) is 3.33. The van der Waals surface area contributed by atoms with Crippen molar-refractivity contribution in [2.75, 3.05) is 26.2 Å². The summed E-state index contributed by atoms with van der Waals surface area (Å²) in [5.41, 5.74) is 0.407. The predicted molar refractivity (Wildman–Crippen MR) is 66.1 cm³/mol. The summed E-state index contributed by atoms with van der Waals surface area (Å²) in [6, 6.07) is 5.44. The van der Waals surface area contributed by atoms with Gasteiger partial charge in [0, 0.05) is 0 Å². The molecule has 18 heavy (non-hydrogen) atoms. The molecule has 1 aliphatic rings. The molecule has 98 valence electrons. The highest BCUT2D eigenvalue weighted by Gasteiger charge is 2.14. The molecule has 1 fully saturated rings. The summed E-state index contributed by atoms with van der Waals surface area (Å²) in [5.74, 6) is -0.712. The van der Waals surface area contributed by atoms with Gasteiger partial charge in [0.05, 0.1) is 18.7 Å². The average Bonchev–Trinajstić information content (AvgIpc) is 2.40. The van der Waals surface area contributed by atoms with Gasteiger partial charge in [0.25, 0.3) is 0 Å². The number of likely N-dealkylation sites (tertiary alicyclic amines) is 1. The molecule has 1 aromatic rings. The monoisotopic (exact) mass is 252 g/mol. The van der Waals surface area contributed by atoms with Crippen molar-refractivity contribution in [3.05, 3.63) is 35.6 Å². The smallest absolute Gasteiger partial charge is 0.338 e. The number of hydrogen-bond acceptors (Lipinski definition) is 2. The van der Waals surface area contributed by atoms with Crippen LogP contribution in [0.2, 0.25) is 0 Å². The summed E-state index contributed by atoms with van der Waals surface area (Å²) in [7, 11) is 0. The fraction of sp³-hybridized carbons (Fsp3) is 0.500. The highest BCUT2D eigenvalue weighted by molar-refractivity contribution is 5.89. The molecule has 0 amide bonds. The zero-order valence-electron chi connectivity index (χ0n) is 10.5. The Hall–Kier alpha value is -1.42. The van der Waals surface area contributed by atoms with Crippen LogP contribution < -0.4 is 4.90 Å². The zero-order chi connectivity index (χ0) is 12.8. The van der Waals surface area contributed by atoms with Crippen molar-refractivity contribution >= 4 is 5.97 Å². The molecule has 0 atom stereocenters. The third-order valence-corrected chi connectivity index (χ3v) is 3.33. The minimum absolute atomic E-state index is 0.343. The average molecular weight is 252 g/mol. The summed E-state index contributed by atoms with van der Waals surface area (Å²) in [5, 5.41) is 0. The molecule has 1 saturated heterocycles. The van der Waals surface area contributed by atoms with E-state index in [4.69, 9.17) is 4.74 Å². The van der Waals surface area contributed by atoms with Gasteiger partial charge in [0.2, 0.25) is 0 Å². The highest BCUT2D eigenvalue weighted by atomic mass is 19.1. The van der Waals surface area contributed by atoms with Gasteiger partial charge in [-0.05, 0) is 43.5 Å². The van der Waals surface area contributed by atoms with E-state index >= 15 is 0 Å². The second-order valence-electron chi connectivity index (χ2n) is 4.70. The molecular weight excluding hydrogens is 233 g/mol. The fourth-order valence-corrected chi connectivity index (χ4v) is 2.26. The number of piperidine rings is 1. The lowest BCUT2D eigenvalue weighted by Gasteiger charge is -2.23. The number of rotatable bonds is 4. The predicted octanol–water partition coefficient (Wildman–Crippen LogP) is 1.05. The Bertz CT molecular complexity index is 385. The Labute approximate surface area is 107 Å². The van der Waals surface area contributed by atoms with Crippen molar-refractivity contribution in [3.8, 4) is 0 Å². The lowest BCUT2D eigenvalue weighted by molar-refractivity contribution is -0.905. The molecule has 0 aliphatic carbocycles. The van der Waals surface area contributed by atoms with E-state index in [-0.39, 0.29) is 11.8 Å². The zero-order valence-corrected chi connectivity index (χ0v) is 10.5. The van der Waals surface area contributed by atoms with E-state index in [1.54, 1.807) is 0 Å². The maximum absolute atomic E-state index is 12.7. The fourth-order valence-electron chi connectivity index (χ4n) is 2.26. The van der Waals surface area contributed by atoms with E-state index in [9.17, 15) is 9.18 Å². The molecule has 0 radical (unpaired) electrons. The molecule has 1 heterocycles. The van der Waals surface area contributed by atoms with Crippen LogP contribution in [-0.2, 0) is 4.74 Å². The van der Waals surface area contributed by atoms with Crippen LogP contribution in [0.4, 0.5) is 4.39 Å². The number of ether oxygens (including phenoxy) is 1. The number of carbonyl (C=O) groups excluding carboxylic acids is 1. The molecule has 4 heteroatoms. The number of nitrogens with one attached hydrogen (secondary N) is 1. The van der Waals surface area contributed by atoms with Crippen LogP contribution in [0.5, 0.6) is 0 Å². The lowest BCUT2D eigenvalue weighted by atomic mass is 10.1. The van der Waals surface area contributed by atoms with Crippen molar-refractivity contribution in [1.29, 1.82) is 0 Å². The Morgan fingerprint density at radius 1 is 1.17 bits per heavy atom. The topological polar surface area (TPSA) is 30.7 Å². The lowest BCUT2D eigenvalue weighted by Crippen LogP contribution is -3.13. The van der Waals surface area contributed by atoms with E-state index in [2.05, 4.69) is 0 Å². The number of halogens is 1. The maximum Gasteiger partial charge on any atom is 0.338 e. The summed E-state index contributed by atoms with van der Waals surface area (Å²) < 4.78 is 17.9. The van der Waals surface area contributed by atoms with E-state index in [1.807, 2.05) is 0 Å². The number of carbonyl (C=O) groups is 1. The first-order valence-electron chi connectivity index (χ1n) is 6.52. The minimum atomic E-state index is -0.369. The van der Waals surface area contributed by atoms with Gasteiger partial charge in [-0.1, -0.05) is 0 Å². The summed E-state index contributed by atoms with van der Waals surface area (Å²) in [4.78, 5) is 13.2. The SMILES string of the molecule is O=C(OCC[NH+]1CCCCC1)c1ccc(F)cc1. The van der Waals surface area contributed by atoms with Gasteiger partial charge in [-0.15, -0.1) is 0 Å². The number of hydrogen-bond donors (Lipinski definition) is 1. The van der Waals surface area contributed by atoms with Crippen LogP contribution in [0.3, 0.4) is 0 Å². The van der Waals surface area contributed by atoms with Crippen LogP contribution >= 0.6 is 0 Å². The van der Waals surface area contributed by atoms with Gasteiger partial charge < -0.3 is 9.64 Å². The molecule has 0 saturated carbocycles. The van der Waals surface area contributed by atoms with Crippen LogP contribution in [0.1, 0.15) is 29.6 Å². The second kappa shape index (κ2) is 6.50. The maximum atomic E-state index is 12.7. The summed E-state index contributed by atoms with van der Waals surface area (Å²) in [6.07, 6.45) is 3.85. The van der Waals surface area contributed by atoms with Crippen LogP contribution in [0.25, 0.3) is 0 Å². The van der Waals surface area contributed by atoms with Crippen molar-refractivity contribution in [3.63, 3.8) is 0 Å². The van der Waals surface area contributed by atoms with Crippen molar-refractivity contribution in [2.45, 2.75) is 19.3 Å². The van der Waals surface area contributed by atoms with Crippen LogP contribution in [0, 0.1) is 5.82 Å². The Kier molecular flexibility index (Phi) is 4.70. The standard InChI is InChI=1S/C14H18FNO2/c15-13-6-4-12(5-7-13)14(17)18-11-10-16-8-2-1-3-9-16/h4-7H,1-3,8-11H2/p+1. The molecule has 1 aliphatic heterocycles. The molecule has 0 aromatic heterocycles. The van der Waals surface area contributed by atoms with Crippen molar-refractivity contribution in [1.82, 2.24) is 0 Å². The van der Waals surface area contributed by atoms with Gasteiger partial charge in [-0.25, -0.2) is 9.18 Å². The Balaban J connectivity index is 1.72. The molecule has 3 nitrogen and oxygen atoms in total. The molecule has 0 spiro atoms. The van der Waals surface area contributed by atoms with E-state index < -0.39 is 0 Å². The van der Waals surface area contributed by atoms with Gasteiger partial charge >= 0.3 is 5.97 Å². The van der Waals surface area contributed by atoms with Crippen LogP contribution in [-0.4, -0.2) is 32.2 Å². The largest absolute Gasteiger partial charge is 0.456 e. The Morgan fingerprint density at radius 2 is 1.83 bits per heavy atom. The van der Waals surface area contributed by atoms with Gasteiger partial charge in [0.15, 0.2) is 0 Å². The molecule has 0 bridgehead atoms. The van der Waals surface area contributed by atoms with Crippen LogP contribution in [0.15, 0.2) is 24.3 Å². The van der Waals surface area contributed by atoms with E-state index in [0.717, 1.165) is 6.54 Å². The first-order valence-corrected chi connectivity index (χ1v) is 6.52. The van der Waals surface area contributed by atoms with E-state index in [0.29, 0.717) is 12.2 Å². The summed E-state index contributed by atoms with van der Waals surface area (Å²) >= 11 is 0. The second-order valence-corrected chi connectivity index (χ2v) is 4.70. The first kappa shape index (κ1) is 13.0. The Morgan fingerprint density at radius 3 is 2.50 bits per heavy atom. The number of benzene rings is 1. The molecule has 2 rings (SSSR count). The van der Waals surface area contributed by atoms with E-state index in [1.165, 1.54) is 61.5 Å². The minimum Gasteiger partial charge on any atom is -0.456 e. The van der Waals surface area contributed by atoms with Gasteiger partial charge in [-0.3, -0.25) is 0 Å². The van der Waals surface area contributed by atoms with Gasteiger partial charge in [-0.2, -0.15) is 0 Å². The normalized spacial score (nSPS) is 16.5.